The van der Waals surface area contributed by atoms with Gasteiger partial charge < -0.3 is 15.7 Å². The SMILES string of the molecule is CNC(=O)C(Cc1ccc(C#N)cc1)NC(=O)[C@@H]1C[C@@H]2CCCC[C@@H]2N1C(=O)O. The fourth-order valence-corrected chi connectivity index (χ4v) is 4.57. The van der Waals surface area contributed by atoms with Gasteiger partial charge in [-0.15, -0.1) is 0 Å². The number of carbonyl (C=O) groups is 3. The average molecular weight is 398 g/mol. The third-order valence-corrected chi connectivity index (χ3v) is 6.01. The largest absolute Gasteiger partial charge is 0.465 e. The molecule has 1 saturated carbocycles. The number of nitriles is 1. The lowest BCUT2D eigenvalue weighted by Gasteiger charge is -2.31. The highest BCUT2D eigenvalue weighted by atomic mass is 16.4. The van der Waals surface area contributed by atoms with Crippen LogP contribution in [0.1, 0.15) is 43.2 Å². The molecule has 1 aliphatic heterocycles. The number of rotatable bonds is 5. The fourth-order valence-electron chi connectivity index (χ4n) is 4.57. The summed E-state index contributed by atoms with van der Waals surface area (Å²) < 4.78 is 0. The molecule has 1 heterocycles. The van der Waals surface area contributed by atoms with E-state index in [2.05, 4.69) is 10.6 Å². The van der Waals surface area contributed by atoms with Crippen molar-refractivity contribution in [1.82, 2.24) is 15.5 Å². The van der Waals surface area contributed by atoms with Gasteiger partial charge in [-0.3, -0.25) is 14.5 Å². The van der Waals surface area contributed by atoms with E-state index < -0.39 is 24.1 Å². The number of carboxylic acid groups (broad SMARTS) is 1. The summed E-state index contributed by atoms with van der Waals surface area (Å²) in [5, 5.41) is 23.9. The first-order valence-corrected chi connectivity index (χ1v) is 9.97. The number of hydrogen-bond acceptors (Lipinski definition) is 4. The number of benzene rings is 1. The molecule has 154 valence electrons. The van der Waals surface area contributed by atoms with Crippen molar-refractivity contribution < 1.29 is 19.5 Å². The molecule has 3 N–H and O–H groups in total. The number of hydrogen-bond donors (Lipinski definition) is 3. The van der Waals surface area contributed by atoms with Crippen molar-refractivity contribution in [2.75, 3.05) is 7.05 Å². The van der Waals surface area contributed by atoms with Crippen molar-refractivity contribution in [1.29, 1.82) is 5.26 Å². The maximum Gasteiger partial charge on any atom is 0.408 e. The Balaban J connectivity index is 1.74. The molecule has 1 unspecified atom stereocenters. The molecule has 8 nitrogen and oxygen atoms in total. The summed E-state index contributed by atoms with van der Waals surface area (Å²) in [5.41, 5.74) is 1.31. The molecule has 4 atom stereocenters. The molecule has 0 aromatic heterocycles. The van der Waals surface area contributed by atoms with Gasteiger partial charge >= 0.3 is 6.09 Å². The third-order valence-electron chi connectivity index (χ3n) is 6.01. The van der Waals surface area contributed by atoms with Crippen LogP contribution in [0.15, 0.2) is 24.3 Å². The van der Waals surface area contributed by atoms with Crippen molar-refractivity contribution in [3.8, 4) is 6.07 Å². The van der Waals surface area contributed by atoms with E-state index in [4.69, 9.17) is 5.26 Å². The van der Waals surface area contributed by atoms with E-state index in [-0.39, 0.29) is 24.3 Å². The van der Waals surface area contributed by atoms with Crippen molar-refractivity contribution in [2.45, 2.75) is 56.7 Å². The van der Waals surface area contributed by atoms with Crippen molar-refractivity contribution in [3.63, 3.8) is 0 Å². The van der Waals surface area contributed by atoms with Crippen LogP contribution in [0.2, 0.25) is 0 Å². The summed E-state index contributed by atoms with van der Waals surface area (Å²) in [6, 6.07) is 7.14. The zero-order valence-corrected chi connectivity index (χ0v) is 16.4. The highest BCUT2D eigenvalue weighted by Crippen LogP contribution is 2.39. The molecule has 2 fully saturated rings. The van der Waals surface area contributed by atoms with Crippen LogP contribution in [-0.4, -0.2) is 53.1 Å². The summed E-state index contributed by atoms with van der Waals surface area (Å²) in [6.45, 7) is 0. The van der Waals surface area contributed by atoms with E-state index in [9.17, 15) is 19.5 Å². The maximum absolute atomic E-state index is 13.0. The van der Waals surface area contributed by atoms with Crippen molar-refractivity contribution >= 4 is 17.9 Å². The van der Waals surface area contributed by atoms with Gasteiger partial charge in [0.25, 0.3) is 0 Å². The first-order chi connectivity index (χ1) is 13.9. The van der Waals surface area contributed by atoms with Crippen LogP contribution in [-0.2, 0) is 16.0 Å². The summed E-state index contributed by atoms with van der Waals surface area (Å²) in [6.07, 6.45) is 3.42. The summed E-state index contributed by atoms with van der Waals surface area (Å²) in [5.74, 6) is -0.573. The quantitative estimate of drug-likeness (QED) is 0.696. The smallest absolute Gasteiger partial charge is 0.408 e. The molecule has 1 saturated heterocycles. The van der Waals surface area contributed by atoms with Gasteiger partial charge in [-0.05, 0) is 42.9 Å². The van der Waals surface area contributed by atoms with Gasteiger partial charge in [0.1, 0.15) is 12.1 Å². The Morgan fingerprint density at radius 2 is 1.93 bits per heavy atom. The van der Waals surface area contributed by atoms with Gasteiger partial charge in [-0.25, -0.2) is 4.79 Å². The van der Waals surface area contributed by atoms with Gasteiger partial charge in [0.2, 0.25) is 11.8 Å². The topological polar surface area (TPSA) is 123 Å². The summed E-state index contributed by atoms with van der Waals surface area (Å²) >= 11 is 0. The second kappa shape index (κ2) is 8.95. The molecular formula is C21H26N4O4. The highest BCUT2D eigenvalue weighted by molar-refractivity contribution is 5.91. The van der Waals surface area contributed by atoms with Gasteiger partial charge in [0.05, 0.1) is 11.6 Å². The van der Waals surface area contributed by atoms with Gasteiger partial charge in [0.15, 0.2) is 0 Å². The third kappa shape index (κ3) is 4.50. The van der Waals surface area contributed by atoms with Crippen LogP contribution in [0, 0.1) is 17.2 Å². The molecule has 8 heteroatoms. The Morgan fingerprint density at radius 1 is 1.24 bits per heavy atom. The number of fused-ring (bicyclic) bond motifs is 1. The maximum atomic E-state index is 13.0. The normalized spacial score (nSPS) is 24.1. The van der Waals surface area contributed by atoms with Crippen LogP contribution < -0.4 is 10.6 Å². The molecule has 3 rings (SSSR count). The second-order valence-corrected chi connectivity index (χ2v) is 7.74. The standard InChI is InChI=1S/C21H26N4O4/c1-23-19(26)16(10-13-6-8-14(12-22)9-7-13)24-20(27)18-11-15-4-2-3-5-17(15)25(18)21(28)29/h6-9,15-18H,2-5,10-11H2,1H3,(H,23,26)(H,24,27)(H,28,29)/t15-,16?,17-,18-/m0/s1. The first-order valence-electron chi connectivity index (χ1n) is 9.97. The van der Waals surface area contributed by atoms with Crippen molar-refractivity contribution in [3.05, 3.63) is 35.4 Å². The van der Waals surface area contributed by atoms with Gasteiger partial charge in [0, 0.05) is 19.5 Å². The van der Waals surface area contributed by atoms with E-state index in [0.717, 1.165) is 31.2 Å². The molecule has 0 bridgehead atoms. The Hall–Kier alpha value is -3.08. The molecule has 0 radical (unpaired) electrons. The van der Waals surface area contributed by atoms with Gasteiger partial charge in [-0.2, -0.15) is 5.26 Å². The van der Waals surface area contributed by atoms with E-state index in [0.29, 0.717) is 12.0 Å². The minimum atomic E-state index is -1.08. The van der Waals surface area contributed by atoms with Crippen LogP contribution in [0.3, 0.4) is 0 Å². The number of nitrogens with one attached hydrogen (secondary N) is 2. The molecular weight excluding hydrogens is 372 g/mol. The number of amides is 3. The summed E-state index contributed by atoms with van der Waals surface area (Å²) in [4.78, 5) is 38.5. The number of nitrogens with zero attached hydrogens (tertiary/aromatic N) is 2. The highest BCUT2D eigenvalue weighted by Gasteiger charge is 2.48. The predicted molar refractivity (Wildman–Crippen MR) is 105 cm³/mol. The first kappa shape index (κ1) is 20.6. The Kier molecular flexibility index (Phi) is 6.37. The number of likely N-dealkylation sites (N-methyl/N-ethyl adjacent to an activating group) is 1. The summed E-state index contributed by atoms with van der Waals surface area (Å²) in [7, 11) is 1.49. The van der Waals surface area contributed by atoms with E-state index in [1.165, 1.54) is 11.9 Å². The minimum Gasteiger partial charge on any atom is -0.465 e. The van der Waals surface area contributed by atoms with Crippen LogP contribution in [0.4, 0.5) is 4.79 Å². The molecule has 0 spiro atoms. The molecule has 1 aliphatic carbocycles. The molecule has 1 aromatic rings. The van der Waals surface area contributed by atoms with Crippen molar-refractivity contribution in [2.24, 2.45) is 5.92 Å². The molecule has 1 aromatic carbocycles. The van der Waals surface area contributed by atoms with Crippen LogP contribution in [0.5, 0.6) is 0 Å². The molecule has 2 aliphatic rings. The van der Waals surface area contributed by atoms with Crippen LogP contribution in [0.25, 0.3) is 0 Å². The minimum absolute atomic E-state index is 0.117. The Bertz CT molecular complexity index is 817. The Morgan fingerprint density at radius 3 is 2.55 bits per heavy atom. The Labute approximate surface area is 169 Å². The zero-order chi connectivity index (χ0) is 21.0. The lowest BCUT2D eigenvalue weighted by Crippen LogP contribution is -2.54. The number of carbonyl (C=O) groups excluding carboxylic acids is 2. The molecule has 29 heavy (non-hydrogen) atoms. The van der Waals surface area contributed by atoms with Gasteiger partial charge in [-0.1, -0.05) is 25.0 Å². The fraction of sp³-hybridized carbons (Fsp3) is 0.524. The van der Waals surface area contributed by atoms with E-state index >= 15 is 0 Å². The number of likely N-dealkylation sites (tertiary alicyclic amines) is 1. The second-order valence-electron chi connectivity index (χ2n) is 7.74. The molecule has 3 amide bonds. The van der Waals surface area contributed by atoms with Crippen LogP contribution >= 0.6 is 0 Å². The zero-order valence-electron chi connectivity index (χ0n) is 16.4. The lowest BCUT2D eigenvalue weighted by molar-refractivity contribution is -0.131. The van der Waals surface area contributed by atoms with E-state index in [1.54, 1.807) is 24.3 Å². The van der Waals surface area contributed by atoms with E-state index in [1.807, 2.05) is 6.07 Å². The average Bonchev–Trinajstić information content (AvgIpc) is 3.13. The monoisotopic (exact) mass is 398 g/mol. The lowest BCUT2D eigenvalue weighted by atomic mass is 9.85. The predicted octanol–water partition coefficient (Wildman–Crippen LogP) is 1.64.